The molecule has 4 aliphatic rings. The number of carbonyl (C=O) groups is 1. The number of carbonyl (C=O) groups excluding carboxylic acids is 1. The summed E-state index contributed by atoms with van der Waals surface area (Å²) in [6, 6.07) is 2.49. The van der Waals surface area contributed by atoms with Gasteiger partial charge in [0.1, 0.15) is 5.78 Å². The van der Waals surface area contributed by atoms with Crippen LogP contribution in [0, 0.1) is 11.8 Å². The molecule has 2 unspecified atom stereocenters. The summed E-state index contributed by atoms with van der Waals surface area (Å²) in [5.74, 6) is 2.81. The Morgan fingerprint density at radius 3 is 1.97 bits per heavy atom. The minimum atomic E-state index is 0.190. The van der Waals surface area contributed by atoms with Crippen LogP contribution in [0.3, 0.4) is 0 Å². The van der Waals surface area contributed by atoms with Crippen molar-refractivity contribution < 1.29 is 4.79 Å². The molecule has 6 nitrogen and oxygen atoms in total. The first kappa shape index (κ1) is 25.1. The second kappa shape index (κ2) is 10.8. The highest BCUT2D eigenvalue weighted by Gasteiger charge is 2.41. The lowest BCUT2D eigenvalue weighted by molar-refractivity contribution is -0.123. The van der Waals surface area contributed by atoms with Gasteiger partial charge in [0.05, 0.1) is 0 Å². The molecular weight excluding hydrogens is 434 g/mol. The van der Waals surface area contributed by atoms with Crippen molar-refractivity contribution in [1.82, 2.24) is 19.8 Å². The van der Waals surface area contributed by atoms with Crippen LogP contribution in [0.1, 0.15) is 97.0 Å². The normalized spacial score (nSPS) is 31.0. The highest BCUT2D eigenvalue weighted by atomic mass is 16.1. The molecule has 1 aliphatic carbocycles. The molecule has 5 rings (SSSR count). The van der Waals surface area contributed by atoms with E-state index in [9.17, 15) is 4.79 Å². The Kier molecular flexibility index (Phi) is 7.78. The van der Waals surface area contributed by atoms with E-state index in [0.29, 0.717) is 35.7 Å². The van der Waals surface area contributed by atoms with Crippen molar-refractivity contribution in [3.63, 3.8) is 0 Å². The molecule has 1 aromatic rings. The molecule has 0 spiro atoms. The summed E-state index contributed by atoms with van der Waals surface area (Å²) >= 11 is 0. The molecule has 2 atom stereocenters. The Labute approximate surface area is 212 Å². The van der Waals surface area contributed by atoms with Gasteiger partial charge in [-0.05, 0) is 95.7 Å². The van der Waals surface area contributed by atoms with Crippen LogP contribution in [0.25, 0.3) is 0 Å². The predicted octanol–water partition coefficient (Wildman–Crippen LogP) is 4.89. The molecule has 194 valence electrons. The van der Waals surface area contributed by atoms with Crippen molar-refractivity contribution in [3.05, 3.63) is 18.0 Å². The van der Waals surface area contributed by atoms with Crippen LogP contribution in [-0.4, -0.2) is 75.9 Å². The molecule has 3 saturated heterocycles. The minimum absolute atomic E-state index is 0.190. The lowest BCUT2D eigenvalue weighted by Crippen LogP contribution is -2.56. The van der Waals surface area contributed by atoms with Gasteiger partial charge in [-0.15, -0.1) is 0 Å². The van der Waals surface area contributed by atoms with E-state index in [-0.39, 0.29) is 5.92 Å². The highest BCUT2D eigenvalue weighted by molar-refractivity contribution is 5.80. The number of Topliss-reactive ketones (excluding diaryl/α,β-unsaturated/α-hetero) is 1. The van der Waals surface area contributed by atoms with Crippen LogP contribution in [0.2, 0.25) is 0 Å². The Morgan fingerprint density at radius 2 is 1.43 bits per heavy atom. The molecule has 4 heterocycles. The van der Waals surface area contributed by atoms with Crippen LogP contribution < -0.4 is 4.90 Å². The van der Waals surface area contributed by atoms with Gasteiger partial charge in [0.2, 0.25) is 5.95 Å². The molecule has 2 bridgehead atoms. The van der Waals surface area contributed by atoms with Crippen LogP contribution in [0.15, 0.2) is 12.4 Å². The van der Waals surface area contributed by atoms with Gasteiger partial charge in [-0.1, -0.05) is 13.8 Å². The zero-order valence-corrected chi connectivity index (χ0v) is 22.5. The summed E-state index contributed by atoms with van der Waals surface area (Å²) in [5.41, 5.74) is 1.33. The number of hydrogen-bond donors (Lipinski definition) is 0. The molecule has 1 saturated carbocycles. The minimum Gasteiger partial charge on any atom is -0.332 e. The molecule has 0 aromatic carbocycles. The van der Waals surface area contributed by atoms with E-state index >= 15 is 0 Å². The molecule has 0 radical (unpaired) electrons. The summed E-state index contributed by atoms with van der Waals surface area (Å²) in [4.78, 5) is 29.8. The Bertz CT molecular complexity index is 825. The van der Waals surface area contributed by atoms with Crippen molar-refractivity contribution in [2.24, 2.45) is 11.8 Å². The lowest BCUT2D eigenvalue weighted by Gasteiger charge is -2.43. The maximum absolute atomic E-state index is 12.1. The smallest absolute Gasteiger partial charge is 0.225 e. The number of piperidine rings is 1. The van der Waals surface area contributed by atoms with Gasteiger partial charge in [0.25, 0.3) is 0 Å². The van der Waals surface area contributed by atoms with Crippen molar-refractivity contribution in [2.45, 2.75) is 116 Å². The fourth-order valence-corrected chi connectivity index (χ4v) is 7.19. The summed E-state index contributed by atoms with van der Waals surface area (Å²) < 4.78 is 0. The van der Waals surface area contributed by atoms with Crippen molar-refractivity contribution >= 4 is 11.7 Å². The van der Waals surface area contributed by atoms with Gasteiger partial charge in [-0.2, -0.15) is 0 Å². The second-order valence-electron chi connectivity index (χ2n) is 12.5. The third kappa shape index (κ3) is 5.58. The fourth-order valence-electron chi connectivity index (χ4n) is 7.19. The van der Waals surface area contributed by atoms with E-state index in [1.807, 2.05) is 13.8 Å². The number of anilines is 1. The topological polar surface area (TPSA) is 52.6 Å². The largest absolute Gasteiger partial charge is 0.332 e. The number of nitrogens with zero attached hydrogens (tertiary/aromatic N) is 5. The monoisotopic (exact) mass is 481 g/mol. The van der Waals surface area contributed by atoms with Gasteiger partial charge < -0.3 is 9.80 Å². The Hall–Kier alpha value is -1.53. The van der Waals surface area contributed by atoms with Crippen LogP contribution >= 0.6 is 0 Å². The number of rotatable bonds is 7. The Balaban J connectivity index is 1.10. The van der Waals surface area contributed by atoms with Crippen LogP contribution in [0.5, 0.6) is 0 Å². The Morgan fingerprint density at radius 1 is 0.857 bits per heavy atom. The first-order valence-electron chi connectivity index (χ1n) is 14.5. The van der Waals surface area contributed by atoms with Crippen molar-refractivity contribution in [3.8, 4) is 0 Å². The molecule has 6 heteroatoms. The van der Waals surface area contributed by atoms with E-state index < -0.39 is 0 Å². The first-order valence-corrected chi connectivity index (χ1v) is 14.5. The van der Waals surface area contributed by atoms with E-state index in [4.69, 9.17) is 9.97 Å². The SMILES string of the molecule is CC(C)C(=O)CC1CCC(N2CCC(c3cnc(N4C5CCC4CN(C(C)C)C5)nc3)CC2)CC1. The van der Waals surface area contributed by atoms with Crippen LogP contribution in [0.4, 0.5) is 5.95 Å². The quantitative estimate of drug-likeness (QED) is 0.553. The standard InChI is InChI=1S/C29H47N5O/c1-20(2)28(35)15-22-5-7-25(8-6-22)32-13-11-23(12-14-32)24-16-30-29(31-17-24)34-26-9-10-27(34)19-33(18-26)21(3)4/h16-17,20-23,25-27H,5-15,18-19H2,1-4H3. The maximum atomic E-state index is 12.1. The van der Waals surface area contributed by atoms with E-state index in [2.05, 4.69) is 40.9 Å². The number of aromatic nitrogens is 2. The third-order valence-electron chi connectivity index (χ3n) is 9.60. The molecular formula is C29H47N5O. The van der Waals surface area contributed by atoms with E-state index in [1.54, 1.807) is 0 Å². The van der Waals surface area contributed by atoms with E-state index in [0.717, 1.165) is 31.5 Å². The molecule has 1 aromatic heterocycles. The predicted molar refractivity (Wildman–Crippen MR) is 142 cm³/mol. The molecule has 3 aliphatic heterocycles. The van der Waals surface area contributed by atoms with Crippen molar-refractivity contribution in [2.75, 3.05) is 31.1 Å². The number of hydrogen-bond acceptors (Lipinski definition) is 6. The summed E-state index contributed by atoms with van der Waals surface area (Å²) in [7, 11) is 0. The lowest BCUT2D eigenvalue weighted by atomic mass is 9.80. The summed E-state index contributed by atoms with van der Waals surface area (Å²) in [5, 5.41) is 0. The molecule has 0 N–H and O–H groups in total. The van der Waals surface area contributed by atoms with E-state index in [1.165, 1.54) is 70.0 Å². The number of likely N-dealkylation sites (tertiary alicyclic amines) is 2. The second-order valence-corrected chi connectivity index (χ2v) is 12.5. The first-order chi connectivity index (χ1) is 16.9. The number of piperazine rings is 1. The fraction of sp³-hybridized carbons (Fsp3) is 0.828. The summed E-state index contributed by atoms with van der Waals surface area (Å²) in [6.45, 7) is 13.4. The van der Waals surface area contributed by atoms with Gasteiger partial charge in [0.15, 0.2) is 0 Å². The third-order valence-corrected chi connectivity index (χ3v) is 9.60. The number of ketones is 1. The summed E-state index contributed by atoms with van der Waals surface area (Å²) in [6.07, 6.45) is 15.0. The average Bonchev–Trinajstić information content (AvgIpc) is 3.13. The van der Waals surface area contributed by atoms with Crippen LogP contribution in [-0.2, 0) is 4.79 Å². The van der Waals surface area contributed by atoms with Gasteiger partial charge in [0, 0.05) is 62.0 Å². The van der Waals surface area contributed by atoms with Gasteiger partial charge in [-0.25, -0.2) is 9.97 Å². The van der Waals surface area contributed by atoms with Gasteiger partial charge in [-0.3, -0.25) is 9.69 Å². The maximum Gasteiger partial charge on any atom is 0.225 e. The van der Waals surface area contributed by atoms with Gasteiger partial charge >= 0.3 is 0 Å². The zero-order valence-electron chi connectivity index (χ0n) is 22.5. The van der Waals surface area contributed by atoms with Crippen molar-refractivity contribution in [1.29, 1.82) is 0 Å². The molecule has 35 heavy (non-hydrogen) atoms. The average molecular weight is 482 g/mol. The zero-order chi connectivity index (χ0) is 24.5. The highest BCUT2D eigenvalue weighted by Crippen LogP contribution is 2.36. The molecule has 0 amide bonds. The molecule has 4 fully saturated rings. The number of fused-ring (bicyclic) bond motifs is 2.